The minimum Gasteiger partial charge on any atom is -0.399 e. The Balaban J connectivity index is 0.876. The molecule has 0 fully saturated rings. The molecule has 0 spiro atoms. The molecule has 0 amide bonds. The number of rotatable bonds is 12. The van der Waals surface area contributed by atoms with E-state index in [1.54, 1.807) is 0 Å². The van der Waals surface area contributed by atoms with Crippen molar-refractivity contribution in [3.8, 4) is 0 Å². The fourth-order valence-corrected chi connectivity index (χ4v) is 7.91. The highest BCUT2D eigenvalue weighted by molar-refractivity contribution is 5.93. The van der Waals surface area contributed by atoms with Crippen LogP contribution in [0.1, 0.15) is 67.5 Å². The monoisotopic (exact) mass is 662 g/mol. The Morgan fingerprint density at radius 2 is 1.66 bits per heavy atom. The summed E-state index contributed by atoms with van der Waals surface area (Å²) in [6.07, 6.45) is 17.2. The number of aromatic nitrogens is 4. The van der Waals surface area contributed by atoms with Gasteiger partial charge in [-0.25, -0.2) is 0 Å². The first-order valence-corrected chi connectivity index (χ1v) is 18.3. The Labute approximate surface area is 293 Å². The van der Waals surface area contributed by atoms with Crippen LogP contribution in [0, 0.1) is 0 Å². The fraction of sp³-hybridized carbons (Fsp3) is 0.310. The summed E-state index contributed by atoms with van der Waals surface area (Å²) < 4.78 is 1.98. The number of nitrogens with zero attached hydrogens (tertiary/aromatic N) is 5. The maximum Gasteiger partial charge on any atom is 0.0827 e. The molecule has 2 aliphatic carbocycles. The molecule has 5 aromatic rings. The molecule has 0 atom stereocenters. The van der Waals surface area contributed by atoms with E-state index in [0.29, 0.717) is 0 Å². The minimum absolute atomic E-state index is 0.776. The highest BCUT2D eigenvalue weighted by Gasteiger charge is 2.26. The van der Waals surface area contributed by atoms with E-state index < -0.39 is 0 Å². The molecule has 3 aromatic carbocycles. The van der Waals surface area contributed by atoms with Crippen LogP contribution in [-0.2, 0) is 25.8 Å². The first kappa shape index (κ1) is 31.9. The lowest BCUT2D eigenvalue weighted by Gasteiger charge is -2.36. The van der Waals surface area contributed by atoms with Crippen LogP contribution >= 0.6 is 0 Å². The largest absolute Gasteiger partial charge is 0.399 e. The van der Waals surface area contributed by atoms with E-state index in [4.69, 9.17) is 16.5 Å². The molecule has 0 saturated heterocycles. The SMILES string of the molecule is NC1=CCC2=c3ccc(N)cc3=C(c3ccccc3)N(CCCCCCc3cn(CCNc4c5c(nc6ccccc46)CCCC5)nn3)C2=C1. The molecule has 8 nitrogen and oxygen atoms in total. The molecule has 0 radical (unpaired) electrons. The molecule has 3 heterocycles. The van der Waals surface area contributed by atoms with Gasteiger partial charge in [0.1, 0.15) is 0 Å². The van der Waals surface area contributed by atoms with Crippen molar-refractivity contribution >= 4 is 33.5 Å². The first-order valence-electron chi connectivity index (χ1n) is 18.3. The number of fused-ring (bicyclic) bond motifs is 4. The van der Waals surface area contributed by atoms with Crippen LogP contribution in [0.5, 0.6) is 0 Å². The summed E-state index contributed by atoms with van der Waals surface area (Å²) in [6.45, 7) is 2.49. The number of aryl methyl sites for hydroxylation is 2. The molecule has 0 bridgehead atoms. The van der Waals surface area contributed by atoms with Crippen molar-refractivity contribution in [2.45, 2.75) is 70.8 Å². The molecule has 254 valence electrons. The number of para-hydroxylation sites is 1. The summed E-state index contributed by atoms with van der Waals surface area (Å²) >= 11 is 0. The molecule has 1 aliphatic heterocycles. The van der Waals surface area contributed by atoms with Crippen molar-refractivity contribution in [2.75, 3.05) is 24.1 Å². The second-order valence-corrected chi connectivity index (χ2v) is 13.8. The zero-order chi connectivity index (χ0) is 33.9. The topological polar surface area (TPSA) is 111 Å². The van der Waals surface area contributed by atoms with Gasteiger partial charge < -0.3 is 21.7 Å². The highest BCUT2D eigenvalue weighted by atomic mass is 15.4. The Morgan fingerprint density at radius 1 is 0.820 bits per heavy atom. The number of nitrogens with two attached hydrogens (primary N) is 2. The number of nitrogen functional groups attached to an aromatic ring is 1. The molecule has 5 N–H and O–H groups in total. The number of nitrogens with one attached hydrogen (secondary N) is 1. The smallest absolute Gasteiger partial charge is 0.0827 e. The number of unbranched alkanes of at least 4 members (excludes halogenated alkanes) is 3. The Kier molecular flexibility index (Phi) is 9.07. The second kappa shape index (κ2) is 14.2. The van der Waals surface area contributed by atoms with Crippen molar-refractivity contribution in [3.05, 3.63) is 135 Å². The second-order valence-electron chi connectivity index (χ2n) is 13.8. The third-order valence-corrected chi connectivity index (χ3v) is 10.3. The van der Waals surface area contributed by atoms with Crippen molar-refractivity contribution in [1.82, 2.24) is 24.9 Å². The standard InChI is InChI=1S/C42H46N8/c43-30-19-21-33-34-22-20-31(44)27-40(34)50(42(37(33)26-30)29-12-4-3-5-13-29)24-11-2-1-6-14-32-28-49(48-47-32)25-23-45-41-35-15-7-9-17-38(35)46-39-18-10-8-16-36(39)41/h3-5,7,9,12-13,15,17,19-21,26-28H,1-2,6,8,10-11,14,16,18,22-25,43-44H2,(H,45,46). The first-order chi connectivity index (χ1) is 24.6. The lowest BCUT2D eigenvalue weighted by molar-refractivity contribution is 0.461. The average molecular weight is 663 g/mol. The lowest BCUT2D eigenvalue weighted by Crippen LogP contribution is -2.43. The van der Waals surface area contributed by atoms with Crippen molar-refractivity contribution in [3.63, 3.8) is 0 Å². The third kappa shape index (κ3) is 6.50. The number of hydrogen-bond acceptors (Lipinski definition) is 7. The maximum absolute atomic E-state index is 6.38. The zero-order valence-corrected chi connectivity index (χ0v) is 28.7. The van der Waals surface area contributed by atoms with Crippen LogP contribution in [0.4, 0.5) is 11.4 Å². The van der Waals surface area contributed by atoms with E-state index in [1.165, 1.54) is 68.1 Å². The van der Waals surface area contributed by atoms with Crippen molar-refractivity contribution < 1.29 is 0 Å². The van der Waals surface area contributed by atoms with Gasteiger partial charge in [0.05, 0.1) is 23.5 Å². The Morgan fingerprint density at radius 3 is 2.58 bits per heavy atom. The van der Waals surface area contributed by atoms with Crippen LogP contribution in [0.3, 0.4) is 0 Å². The van der Waals surface area contributed by atoms with Crippen molar-refractivity contribution in [1.29, 1.82) is 0 Å². The molecule has 2 aromatic heterocycles. The van der Waals surface area contributed by atoms with Crippen molar-refractivity contribution in [2.24, 2.45) is 5.73 Å². The summed E-state index contributed by atoms with van der Waals surface area (Å²) in [5, 5.41) is 16.4. The Hall–Kier alpha value is -5.37. The summed E-state index contributed by atoms with van der Waals surface area (Å²) in [5.74, 6) is 0. The van der Waals surface area contributed by atoms with E-state index in [0.717, 1.165) is 93.6 Å². The average Bonchev–Trinajstić information content (AvgIpc) is 3.60. The van der Waals surface area contributed by atoms with Crippen LogP contribution in [0.2, 0.25) is 0 Å². The summed E-state index contributed by atoms with van der Waals surface area (Å²) in [4.78, 5) is 7.46. The highest BCUT2D eigenvalue weighted by Crippen LogP contribution is 2.34. The van der Waals surface area contributed by atoms with Gasteiger partial charge in [-0.05, 0) is 97.6 Å². The molecule has 0 unspecified atom stereocenters. The quantitative estimate of drug-likeness (QED) is 0.112. The van der Waals surface area contributed by atoms with Gasteiger partial charge in [0, 0.05) is 58.4 Å². The maximum atomic E-state index is 6.38. The fourth-order valence-electron chi connectivity index (χ4n) is 7.91. The molecule has 50 heavy (non-hydrogen) atoms. The van der Waals surface area contributed by atoms with Gasteiger partial charge in [-0.3, -0.25) is 9.67 Å². The number of hydrogen-bond donors (Lipinski definition) is 3. The molecule has 8 heteroatoms. The molecule has 3 aliphatic rings. The number of allylic oxidation sites excluding steroid dienone is 3. The Bertz CT molecular complexity index is 2210. The van der Waals surface area contributed by atoms with Gasteiger partial charge in [0.25, 0.3) is 0 Å². The van der Waals surface area contributed by atoms with Crippen LogP contribution < -0.4 is 27.2 Å². The summed E-state index contributed by atoms with van der Waals surface area (Å²) in [5.41, 5.74) is 25.3. The van der Waals surface area contributed by atoms with E-state index in [-0.39, 0.29) is 0 Å². The summed E-state index contributed by atoms with van der Waals surface area (Å²) in [7, 11) is 0. The molecular weight excluding hydrogens is 617 g/mol. The summed E-state index contributed by atoms with van der Waals surface area (Å²) in [6, 6.07) is 25.5. The van der Waals surface area contributed by atoms with E-state index in [1.807, 2.05) is 10.7 Å². The number of pyridine rings is 1. The van der Waals surface area contributed by atoms with Gasteiger partial charge in [-0.15, -0.1) is 5.10 Å². The number of anilines is 2. The van der Waals surface area contributed by atoms with Gasteiger partial charge in [0.15, 0.2) is 0 Å². The van der Waals surface area contributed by atoms with Crippen LogP contribution in [0.25, 0.3) is 22.2 Å². The van der Waals surface area contributed by atoms with E-state index in [9.17, 15) is 0 Å². The number of benzene rings is 3. The normalized spacial score (nSPS) is 15.3. The van der Waals surface area contributed by atoms with Gasteiger partial charge in [-0.2, -0.15) is 0 Å². The predicted molar refractivity (Wildman–Crippen MR) is 203 cm³/mol. The predicted octanol–water partition coefficient (Wildman–Crippen LogP) is 5.96. The van der Waals surface area contributed by atoms with Gasteiger partial charge in [0.2, 0.25) is 0 Å². The third-order valence-electron chi connectivity index (χ3n) is 10.3. The minimum atomic E-state index is 0.776. The van der Waals surface area contributed by atoms with Gasteiger partial charge in [-0.1, -0.05) is 78.7 Å². The molecular formula is C42H46N8. The van der Waals surface area contributed by atoms with E-state index in [2.05, 4.69) is 106 Å². The van der Waals surface area contributed by atoms with Gasteiger partial charge >= 0.3 is 0 Å². The lowest BCUT2D eigenvalue weighted by atomic mass is 9.91. The van der Waals surface area contributed by atoms with E-state index >= 15 is 0 Å². The molecule has 0 saturated carbocycles. The van der Waals surface area contributed by atoms with Crippen LogP contribution in [-0.4, -0.2) is 38.0 Å². The zero-order valence-electron chi connectivity index (χ0n) is 28.7. The van der Waals surface area contributed by atoms with Crippen LogP contribution in [0.15, 0.2) is 103 Å². The molecule has 8 rings (SSSR count).